The zero-order valence-electron chi connectivity index (χ0n) is 24.5. The molecule has 3 heterocycles. The summed E-state index contributed by atoms with van der Waals surface area (Å²) in [5.74, 6) is 0.812. The summed E-state index contributed by atoms with van der Waals surface area (Å²) in [6.07, 6.45) is 9.10. The first-order valence-corrected chi connectivity index (χ1v) is 14.5. The summed E-state index contributed by atoms with van der Waals surface area (Å²) in [4.78, 5) is 25.1. The summed E-state index contributed by atoms with van der Waals surface area (Å²) in [7, 11) is 3.09. The first-order valence-electron chi connectivity index (χ1n) is 14.5. The number of carbonyl (C=O) groups excluding carboxylic acids is 2. The molecule has 0 bridgehead atoms. The van der Waals surface area contributed by atoms with Crippen LogP contribution in [-0.2, 0) is 11.3 Å². The fourth-order valence-corrected chi connectivity index (χ4v) is 6.85. The summed E-state index contributed by atoms with van der Waals surface area (Å²) < 4.78 is 15.2. The van der Waals surface area contributed by atoms with E-state index in [2.05, 4.69) is 42.7 Å². The van der Waals surface area contributed by atoms with Crippen molar-refractivity contribution in [3.05, 3.63) is 70.0 Å². The molecule has 7 heteroatoms. The Morgan fingerprint density at radius 1 is 1.05 bits per heavy atom. The normalized spacial score (nSPS) is 15.3. The van der Waals surface area contributed by atoms with E-state index in [1.54, 1.807) is 7.11 Å². The number of allylic oxidation sites excluding steroid dienone is 1. The van der Waals surface area contributed by atoms with Crippen LogP contribution in [0.25, 0.3) is 33.8 Å². The van der Waals surface area contributed by atoms with E-state index in [9.17, 15) is 9.59 Å². The lowest BCUT2D eigenvalue weighted by molar-refractivity contribution is 0.0599. The molecule has 0 atom stereocenters. The van der Waals surface area contributed by atoms with Gasteiger partial charge in [-0.15, -0.1) is 0 Å². The highest BCUT2D eigenvalue weighted by Crippen LogP contribution is 2.48. The highest BCUT2D eigenvalue weighted by molar-refractivity contribution is 6.02. The van der Waals surface area contributed by atoms with Gasteiger partial charge in [-0.1, -0.05) is 31.4 Å². The predicted molar refractivity (Wildman–Crippen MR) is 162 cm³/mol. The van der Waals surface area contributed by atoms with Gasteiger partial charge in [-0.25, -0.2) is 4.79 Å². The molecule has 2 aromatic carbocycles. The van der Waals surface area contributed by atoms with Crippen LogP contribution < -0.4 is 4.74 Å². The molecule has 4 aromatic rings. The zero-order valence-corrected chi connectivity index (χ0v) is 24.5. The van der Waals surface area contributed by atoms with E-state index in [4.69, 9.17) is 14.6 Å². The fourth-order valence-electron chi connectivity index (χ4n) is 6.85. The monoisotopic (exact) mass is 551 g/mol. The van der Waals surface area contributed by atoms with Crippen LogP contribution in [0.5, 0.6) is 5.75 Å². The molecule has 41 heavy (non-hydrogen) atoms. The van der Waals surface area contributed by atoms with Crippen LogP contribution in [-0.4, -0.2) is 40.8 Å². The van der Waals surface area contributed by atoms with Crippen LogP contribution in [0.4, 0.5) is 0 Å². The number of carbonyl (C=O) groups is 2. The Labute approximate surface area is 240 Å². The average molecular weight is 552 g/mol. The topological polar surface area (TPSA) is 75.3 Å². The van der Waals surface area contributed by atoms with Crippen molar-refractivity contribution in [2.45, 2.75) is 71.4 Å². The number of rotatable bonds is 6. The molecule has 0 unspecified atom stereocenters. The molecule has 0 amide bonds. The van der Waals surface area contributed by atoms with E-state index in [0.29, 0.717) is 29.3 Å². The number of hydrogen-bond acceptors (Lipinski definition) is 5. The number of aryl methyl sites for hydroxylation is 1. The van der Waals surface area contributed by atoms with Crippen LogP contribution in [0.15, 0.2) is 36.4 Å². The maximum atomic E-state index is 13.1. The molecule has 1 saturated carbocycles. The molecular weight excluding hydrogens is 514 g/mol. The second-order valence-electron chi connectivity index (χ2n) is 11.5. The Balaban J connectivity index is 1.71. The zero-order chi connectivity index (χ0) is 28.8. The van der Waals surface area contributed by atoms with Gasteiger partial charge in [0.1, 0.15) is 17.6 Å². The lowest BCUT2D eigenvalue weighted by atomic mass is 9.81. The van der Waals surface area contributed by atoms with Crippen LogP contribution in [0, 0.1) is 6.92 Å². The molecule has 212 valence electrons. The Bertz CT molecular complexity index is 1700. The second kappa shape index (κ2) is 10.7. The van der Waals surface area contributed by atoms with Gasteiger partial charge in [-0.2, -0.15) is 5.10 Å². The van der Waals surface area contributed by atoms with Gasteiger partial charge < -0.3 is 14.0 Å². The molecule has 0 radical (unpaired) electrons. The number of fused-ring (bicyclic) bond motifs is 5. The summed E-state index contributed by atoms with van der Waals surface area (Å²) in [5.41, 5.74) is 9.22. The van der Waals surface area contributed by atoms with Crippen molar-refractivity contribution in [2.75, 3.05) is 14.2 Å². The van der Waals surface area contributed by atoms with Gasteiger partial charge in [-0.3, -0.25) is 9.48 Å². The third-order valence-corrected chi connectivity index (χ3v) is 8.72. The van der Waals surface area contributed by atoms with E-state index in [0.717, 1.165) is 52.8 Å². The number of nitrogens with zero attached hydrogens (tertiary/aromatic N) is 3. The van der Waals surface area contributed by atoms with Gasteiger partial charge in [0.25, 0.3) is 0 Å². The summed E-state index contributed by atoms with van der Waals surface area (Å²) in [6, 6.07) is 12.3. The maximum Gasteiger partial charge on any atom is 0.341 e. The highest BCUT2D eigenvalue weighted by atomic mass is 16.5. The van der Waals surface area contributed by atoms with Crippen molar-refractivity contribution in [2.24, 2.45) is 0 Å². The molecule has 7 nitrogen and oxygen atoms in total. The third kappa shape index (κ3) is 4.48. The van der Waals surface area contributed by atoms with Crippen molar-refractivity contribution in [1.82, 2.24) is 14.3 Å². The first kappa shape index (κ1) is 27.1. The van der Waals surface area contributed by atoms with Crippen molar-refractivity contribution >= 4 is 34.8 Å². The lowest BCUT2D eigenvalue weighted by Crippen LogP contribution is -2.13. The highest BCUT2D eigenvalue weighted by Gasteiger charge is 2.32. The maximum absolute atomic E-state index is 13.1. The SMILES string of the molecule is COC(=O)c1c(C)nn(C(C)C)c1C1=Cc2cc(OC)ccc2-c2c(C3CCCCC3)c3ccc(C=O)cc3n2C1. The number of esters is 1. The quantitative estimate of drug-likeness (QED) is 0.182. The van der Waals surface area contributed by atoms with Gasteiger partial charge in [0.2, 0.25) is 0 Å². The Morgan fingerprint density at radius 2 is 1.83 bits per heavy atom. The van der Waals surface area contributed by atoms with E-state index in [1.807, 2.05) is 29.8 Å². The van der Waals surface area contributed by atoms with E-state index in [1.165, 1.54) is 43.0 Å². The summed E-state index contributed by atoms with van der Waals surface area (Å²) in [5, 5.41) is 5.99. The smallest absolute Gasteiger partial charge is 0.341 e. The molecular formula is C34H37N3O4. The lowest BCUT2D eigenvalue weighted by Gasteiger charge is -2.24. The van der Waals surface area contributed by atoms with Crippen LogP contribution >= 0.6 is 0 Å². The number of aromatic nitrogens is 3. The van der Waals surface area contributed by atoms with Crippen molar-refractivity contribution in [3.8, 4) is 17.0 Å². The van der Waals surface area contributed by atoms with Crippen molar-refractivity contribution < 1.29 is 19.1 Å². The molecule has 0 spiro atoms. The van der Waals surface area contributed by atoms with Gasteiger partial charge in [0, 0.05) is 28.1 Å². The van der Waals surface area contributed by atoms with Gasteiger partial charge in [-0.05, 0) is 86.6 Å². The van der Waals surface area contributed by atoms with Crippen LogP contribution in [0.3, 0.4) is 0 Å². The van der Waals surface area contributed by atoms with Crippen LogP contribution in [0.1, 0.15) is 101 Å². The number of methoxy groups -OCH3 is 2. The summed E-state index contributed by atoms with van der Waals surface area (Å²) >= 11 is 0. The standard InChI is InChI=1S/C34H37N3O4/c1-20(2)37-32(30(21(3)35-37)34(39)41-5)25-16-24-17-26(40-4)12-14-27(24)33-31(23-9-7-6-8-10-23)28-13-11-22(19-38)15-29(28)36(33)18-25/h11-17,19-20,23H,6-10,18H2,1-5H3. The van der Waals surface area contributed by atoms with Gasteiger partial charge in [0.15, 0.2) is 0 Å². The number of hydrogen-bond donors (Lipinski definition) is 0. The minimum atomic E-state index is -0.399. The molecule has 2 aliphatic rings. The Morgan fingerprint density at radius 3 is 2.51 bits per heavy atom. The van der Waals surface area contributed by atoms with E-state index in [-0.39, 0.29) is 6.04 Å². The summed E-state index contributed by atoms with van der Waals surface area (Å²) in [6.45, 7) is 6.51. The Kier molecular flexibility index (Phi) is 7.06. The van der Waals surface area contributed by atoms with E-state index >= 15 is 0 Å². The molecule has 1 fully saturated rings. The first-order chi connectivity index (χ1) is 19.9. The average Bonchev–Trinajstić information content (AvgIpc) is 3.45. The fraction of sp³-hybridized carbons (Fsp3) is 0.382. The van der Waals surface area contributed by atoms with Gasteiger partial charge >= 0.3 is 5.97 Å². The van der Waals surface area contributed by atoms with Gasteiger partial charge in [0.05, 0.1) is 37.8 Å². The number of ether oxygens (including phenoxy) is 2. The van der Waals surface area contributed by atoms with Crippen LogP contribution in [0.2, 0.25) is 0 Å². The largest absolute Gasteiger partial charge is 0.497 e. The predicted octanol–water partition coefficient (Wildman–Crippen LogP) is 7.60. The minimum Gasteiger partial charge on any atom is -0.497 e. The number of aldehydes is 1. The molecule has 6 rings (SSSR count). The minimum absolute atomic E-state index is 0.0244. The van der Waals surface area contributed by atoms with Crippen molar-refractivity contribution in [1.29, 1.82) is 0 Å². The molecule has 1 aliphatic heterocycles. The van der Waals surface area contributed by atoms with Crippen molar-refractivity contribution in [3.63, 3.8) is 0 Å². The molecule has 0 N–H and O–H groups in total. The second-order valence-corrected chi connectivity index (χ2v) is 11.5. The number of benzene rings is 2. The third-order valence-electron chi connectivity index (χ3n) is 8.72. The molecule has 2 aromatic heterocycles. The molecule has 1 aliphatic carbocycles. The Hall–Kier alpha value is -4.13. The van der Waals surface area contributed by atoms with E-state index < -0.39 is 5.97 Å². The molecule has 0 saturated heterocycles.